The fraction of sp³-hybridized carbons (Fsp3) is 0.708. The third-order valence-corrected chi connectivity index (χ3v) is 6.10. The van der Waals surface area contributed by atoms with E-state index >= 15 is 0 Å². The van der Waals surface area contributed by atoms with Gasteiger partial charge in [0.15, 0.2) is 0 Å². The van der Waals surface area contributed by atoms with Gasteiger partial charge in [-0.25, -0.2) is 0 Å². The number of carbonyl (C=O) groups excluding carboxylic acids is 1. The Balaban J connectivity index is 2.91. The molecule has 0 saturated carbocycles. The van der Waals surface area contributed by atoms with Gasteiger partial charge in [0.25, 0.3) is 0 Å². The molecule has 3 atom stereocenters. The maximum Gasteiger partial charge on any atom is 0.245 e. The summed E-state index contributed by atoms with van der Waals surface area (Å²) in [4.78, 5) is 15.4. The Hall–Kier alpha value is -1.02. The topological polar surface area (TPSA) is 20.3 Å². The van der Waals surface area contributed by atoms with Gasteiger partial charge in [0.05, 0.1) is 0 Å². The SMILES string of the molecule is CCCCC(CC)CN(CC(CC)CCCC)C(=O)C(Cl)c1ccccc1. The van der Waals surface area contributed by atoms with E-state index in [9.17, 15) is 4.79 Å². The molecule has 2 nitrogen and oxygen atoms in total. The van der Waals surface area contributed by atoms with Crippen molar-refractivity contribution in [1.29, 1.82) is 0 Å². The molecule has 3 unspecified atom stereocenters. The summed E-state index contributed by atoms with van der Waals surface area (Å²) in [7, 11) is 0. The first-order valence-corrected chi connectivity index (χ1v) is 11.5. The molecule has 0 spiro atoms. The molecule has 154 valence electrons. The molecule has 3 heteroatoms. The van der Waals surface area contributed by atoms with Crippen LogP contribution in [-0.2, 0) is 4.79 Å². The van der Waals surface area contributed by atoms with E-state index in [1.54, 1.807) is 0 Å². The van der Waals surface area contributed by atoms with Crippen LogP contribution in [0.5, 0.6) is 0 Å². The summed E-state index contributed by atoms with van der Waals surface area (Å²) in [6, 6.07) is 9.78. The van der Waals surface area contributed by atoms with E-state index in [0.717, 1.165) is 31.5 Å². The maximum atomic E-state index is 13.3. The lowest BCUT2D eigenvalue weighted by Crippen LogP contribution is -2.40. The summed E-state index contributed by atoms with van der Waals surface area (Å²) in [5.74, 6) is 1.21. The Morgan fingerprint density at radius 2 is 1.37 bits per heavy atom. The fourth-order valence-electron chi connectivity index (χ4n) is 3.64. The zero-order chi connectivity index (χ0) is 20.1. The van der Waals surface area contributed by atoms with E-state index in [1.807, 2.05) is 30.3 Å². The summed E-state index contributed by atoms with van der Waals surface area (Å²) in [6.45, 7) is 10.6. The number of rotatable bonds is 14. The van der Waals surface area contributed by atoms with Crippen molar-refractivity contribution >= 4 is 17.5 Å². The molecule has 0 aliphatic heterocycles. The molecule has 27 heavy (non-hydrogen) atoms. The van der Waals surface area contributed by atoms with Crippen molar-refractivity contribution in [2.45, 2.75) is 84.4 Å². The first-order valence-electron chi connectivity index (χ1n) is 11.0. The molecule has 0 heterocycles. The second-order valence-corrected chi connectivity index (χ2v) is 8.29. The van der Waals surface area contributed by atoms with Gasteiger partial charge in [0.2, 0.25) is 5.91 Å². The highest BCUT2D eigenvalue weighted by molar-refractivity contribution is 6.30. The quantitative estimate of drug-likeness (QED) is 0.305. The molecule has 0 aromatic heterocycles. The van der Waals surface area contributed by atoms with Crippen molar-refractivity contribution in [3.05, 3.63) is 35.9 Å². The van der Waals surface area contributed by atoms with Gasteiger partial charge in [0, 0.05) is 13.1 Å². The predicted octanol–water partition coefficient (Wildman–Crippen LogP) is 7.23. The molecule has 0 bridgehead atoms. The largest absolute Gasteiger partial charge is 0.341 e. The van der Waals surface area contributed by atoms with Crippen LogP contribution in [0, 0.1) is 11.8 Å². The van der Waals surface area contributed by atoms with Crippen molar-refractivity contribution in [3.8, 4) is 0 Å². The van der Waals surface area contributed by atoms with Gasteiger partial charge in [-0.15, -0.1) is 11.6 Å². The van der Waals surface area contributed by atoms with Crippen LogP contribution >= 0.6 is 11.6 Å². The molecule has 0 aliphatic carbocycles. The van der Waals surface area contributed by atoms with Crippen LogP contribution in [0.2, 0.25) is 0 Å². The van der Waals surface area contributed by atoms with Crippen molar-refractivity contribution in [3.63, 3.8) is 0 Å². The molecule has 1 amide bonds. The Bertz CT molecular complexity index is 486. The van der Waals surface area contributed by atoms with Crippen LogP contribution in [0.15, 0.2) is 30.3 Å². The van der Waals surface area contributed by atoms with Crippen LogP contribution in [-0.4, -0.2) is 23.9 Å². The highest BCUT2D eigenvalue weighted by Crippen LogP contribution is 2.26. The summed E-state index contributed by atoms with van der Waals surface area (Å²) in [6.07, 6.45) is 9.51. The lowest BCUT2D eigenvalue weighted by molar-refractivity contribution is -0.132. The van der Waals surface area contributed by atoms with E-state index in [1.165, 1.54) is 38.5 Å². The van der Waals surface area contributed by atoms with Crippen molar-refractivity contribution in [1.82, 2.24) is 4.90 Å². The highest BCUT2D eigenvalue weighted by Gasteiger charge is 2.27. The molecule has 0 saturated heterocycles. The second-order valence-electron chi connectivity index (χ2n) is 7.85. The van der Waals surface area contributed by atoms with Crippen LogP contribution in [0.1, 0.15) is 90.0 Å². The number of unbranched alkanes of at least 4 members (excludes halogenated alkanes) is 2. The first kappa shape index (κ1) is 24.0. The highest BCUT2D eigenvalue weighted by atomic mass is 35.5. The van der Waals surface area contributed by atoms with E-state index in [4.69, 9.17) is 11.6 Å². The lowest BCUT2D eigenvalue weighted by Gasteiger charge is -2.32. The minimum atomic E-state index is -0.585. The zero-order valence-electron chi connectivity index (χ0n) is 17.9. The fourth-order valence-corrected chi connectivity index (χ4v) is 3.92. The van der Waals surface area contributed by atoms with Crippen LogP contribution in [0.3, 0.4) is 0 Å². The molecule has 0 N–H and O–H groups in total. The van der Waals surface area contributed by atoms with Gasteiger partial charge in [-0.1, -0.05) is 96.6 Å². The number of hydrogen-bond donors (Lipinski definition) is 0. The maximum absolute atomic E-state index is 13.3. The monoisotopic (exact) mass is 393 g/mol. The standard InChI is InChI=1S/C24H40ClNO/c1-5-9-14-20(7-3)18-26(19-21(8-4)15-10-6-2)24(27)23(25)22-16-12-11-13-17-22/h11-13,16-17,20-21,23H,5-10,14-15,18-19H2,1-4H3. The second kappa shape index (κ2) is 14.0. The van der Waals surface area contributed by atoms with Crippen LogP contribution in [0.25, 0.3) is 0 Å². The molecular weight excluding hydrogens is 354 g/mol. The molecular formula is C24H40ClNO. The van der Waals surface area contributed by atoms with Crippen LogP contribution in [0.4, 0.5) is 0 Å². The Kier molecular flexibility index (Phi) is 12.5. The Morgan fingerprint density at radius 1 is 0.889 bits per heavy atom. The van der Waals surface area contributed by atoms with Gasteiger partial charge in [0.1, 0.15) is 5.38 Å². The number of amides is 1. The van der Waals surface area contributed by atoms with E-state index in [0.29, 0.717) is 11.8 Å². The minimum Gasteiger partial charge on any atom is -0.341 e. The van der Waals surface area contributed by atoms with Gasteiger partial charge in [-0.2, -0.15) is 0 Å². The Morgan fingerprint density at radius 3 is 1.78 bits per heavy atom. The zero-order valence-corrected chi connectivity index (χ0v) is 18.7. The third-order valence-electron chi connectivity index (χ3n) is 5.66. The number of benzene rings is 1. The van der Waals surface area contributed by atoms with Gasteiger partial charge in [-0.05, 0) is 30.2 Å². The minimum absolute atomic E-state index is 0.0766. The molecule has 1 aromatic rings. The third kappa shape index (κ3) is 8.68. The molecule has 0 radical (unpaired) electrons. The van der Waals surface area contributed by atoms with Gasteiger partial charge in [-0.3, -0.25) is 4.79 Å². The number of hydrogen-bond acceptors (Lipinski definition) is 1. The predicted molar refractivity (Wildman–Crippen MR) is 118 cm³/mol. The molecule has 0 aliphatic rings. The average molecular weight is 394 g/mol. The van der Waals surface area contributed by atoms with Crippen LogP contribution < -0.4 is 0 Å². The van der Waals surface area contributed by atoms with E-state index in [2.05, 4.69) is 32.6 Å². The number of carbonyl (C=O) groups is 1. The van der Waals surface area contributed by atoms with Gasteiger partial charge < -0.3 is 4.90 Å². The summed E-state index contributed by atoms with van der Waals surface area (Å²) >= 11 is 6.62. The van der Waals surface area contributed by atoms with Crippen molar-refractivity contribution in [2.24, 2.45) is 11.8 Å². The first-order chi connectivity index (χ1) is 13.1. The number of alkyl halides is 1. The lowest BCUT2D eigenvalue weighted by atomic mass is 9.95. The molecule has 1 rings (SSSR count). The average Bonchev–Trinajstić information content (AvgIpc) is 2.72. The normalized spacial score (nSPS) is 14.6. The Labute approximate surface area is 172 Å². The van der Waals surface area contributed by atoms with E-state index < -0.39 is 5.38 Å². The molecule has 1 aromatic carbocycles. The van der Waals surface area contributed by atoms with E-state index in [-0.39, 0.29) is 5.91 Å². The summed E-state index contributed by atoms with van der Waals surface area (Å²) in [5.41, 5.74) is 0.900. The van der Waals surface area contributed by atoms with Crippen molar-refractivity contribution in [2.75, 3.05) is 13.1 Å². The smallest absolute Gasteiger partial charge is 0.245 e. The number of halogens is 1. The molecule has 0 fully saturated rings. The summed E-state index contributed by atoms with van der Waals surface area (Å²) in [5, 5.41) is -0.585. The number of nitrogens with zero attached hydrogens (tertiary/aromatic N) is 1. The van der Waals surface area contributed by atoms with Gasteiger partial charge >= 0.3 is 0 Å². The summed E-state index contributed by atoms with van der Waals surface area (Å²) < 4.78 is 0. The van der Waals surface area contributed by atoms with Crippen molar-refractivity contribution < 1.29 is 4.79 Å².